The van der Waals surface area contributed by atoms with Crippen molar-refractivity contribution in [3.05, 3.63) is 0 Å². The van der Waals surface area contributed by atoms with Crippen LogP contribution in [-0.4, -0.2) is 36.7 Å². The minimum Gasteiger partial charge on any atom is -0.317 e. The van der Waals surface area contributed by atoms with Crippen LogP contribution in [0.25, 0.3) is 0 Å². The molecule has 1 heterocycles. The van der Waals surface area contributed by atoms with Crippen LogP contribution in [0.4, 0.5) is 0 Å². The van der Waals surface area contributed by atoms with Gasteiger partial charge in [-0.05, 0) is 46.0 Å². The maximum atomic E-state index is 3.65. The van der Waals surface area contributed by atoms with Crippen LogP contribution in [0.3, 0.4) is 0 Å². The molecular weight excluding hydrogens is 180 g/mol. The molecule has 0 unspecified atom stereocenters. The van der Waals surface area contributed by atoms with Gasteiger partial charge in [-0.15, -0.1) is 0 Å². The fraction of sp³-hybridized carbons (Fsp3) is 1.00. The Morgan fingerprint density at radius 1 is 1.38 bits per heavy atom. The zero-order valence-corrected chi connectivity index (χ0v) is 9.84. The van der Waals surface area contributed by atoms with E-state index in [2.05, 4.69) is 30.7 Å². The smallest absolute Gasteiger partial charge is 0.0225 e. The summed E-state index contributed by atoms with van der Waals surface area (Å²) >= 11 is 1.94. The molecule has 0 aromatic rings. The van der Waals surface area contributed by atoms with E-state index in [0.717, 1.165) is 12.6 Å². The van der Waals surface area contributed by atoms with Gasteiger partial charge >= 0.3 is 0 Å². The summed E-state index contributed by atoms with van der Waals surface area (Å²) in [4.78, 5) is 0. The van der Waals surface area contributed by atoms with Crippen LogP contribution in [0.1, 0.15) is 26.7 Å². The largest absolute Gasteiger partial charge is 0.317 e. The Morgan fingerprint density at radius 2 is 2.00 bits per heavy atom. The summed E-state index contributed by atoms with van der Waals surface area (Å²) in [6, 6.07) is 0.743. The number of piperidine rings is 1. The first-order chi connectivity index (χ1) is 6.14. The molecule has 0 aliphatic carbocycles. The molecule has 0 bridgehead atoms. The van der Waals surface area contributed by atoms with Crippen LogP contribution in [0, 0.1) is 0 Å². The highest BCUT2D eigenvalue weighted by Gasteiger charge is 2.19. The summed E-state index contributed by atoms with van der Waals surface area (Å²) < 4.78 is 0.380. The average molecular weight is 202 g/mol. The topological polar surface area (TPSA) is 24.1 Å². The molecule has 1 aliphatic heterocycles. The molecule has 13 heavy (non-hydrogen) atoms. The van der Waals surface area contributed by atoms with Crippen molar-refractivity contribution in [1.29, 1.82) is 0 Å². The zero-order valence-electron chi connectivity index (χ0n) is 9.02. The molecule has 1 saturated heterocycles. The monoisotopic (exact) mass is 202 g/mol. The van der Waals surface area contributed by atoms with Crippen molar-refractivity contribution in [2.24, 2.45) is 0 Å². The van der Waals surface area contributed by atoms with Crippen LogP contribution < -0.4 is 10.6 Å². The van der Waals surface area contributed by atoms with Gasteiger partial charge in [-0.1, -0.05) is 0 Å². The fourth-order valence-electron chi connectivity index (χ4n) is 1.49. The van der Waals surface area contributed by atoms with E-state index >= 15 is 0 Å². The molecule has 3 heteroatoms. The van der Waals surface area contributed by atoms with E-state index in [9.17, 15) is 0 Å². The van der Waals surface area contributed by atoms with Gasteiger partial charge in [0.1, 0.15) is 0 Å². The lowest BCUT2D eigenvalue weighted by Gasteiger charge is -2.29. The minimum atomic E-state index is 0.380. The third-order valence-corrected chi connectivity index (χ3v) is 3.96. The first-order valence-electron chi connectivity index (χ1n) is 5.13. The van der Waals surface area contributed by atoms with Gasteiger partial charge in [0.05, 0.1) is 0 Å². The van der Waals surface area contributed by atoms with Crippen LogP contribution in [-0.2, 0) is 0 Å². The van der Waals surface area contributed by atoms with Gasteiger partial charge in [-0.2, -0.15) is 11.8 Å². The lowest BCUT2D eigenvalue weighted by molar-refractivity contribution is 0.377. The Bertz CT molecular complexity index is 142. The van der Waals surface area contributed by atoms with Crippen molar-refractivity contribution >= 4 is 11.8 Å². The predicted molar refractivity (Wildman–Crippen MR) is 61.5 cm³/mol. The second-order valence-corrected chi connectivity index (χ2v) is 5.88. The van der Waals surface area contributed by atoms with E-state index in [0.29, 0.717) is 4.75 Å². The standard InChI is InChI=1S/C10H22N2S/c1-10(2,13-3)8-12-9-4-6-11-7-5-9/h9,11-12H,4-8H2,1-3H3. The van der Waals surface area contributed by atoms with Crippen LogP contribution in [0.15, 0.2) is 0 Å². The Hall–Kier alpha value is 0.270. The molecule has 1 rings (SSSR count). The number of rotatable bonds is 4. The molecule has 1 fully saturated rings. The van der Waals surface area contributed by atoms with Gasteiger partial charge in [-0.3, -0.25) is 0 Å². The second kappa shape index (κ2) is 5.23. The van der Waals surface area contributed by atoms with Gasteiger partial charge in [-0.25, -0.2) is 0 Å². The normalized spacial score (nSPS) is 20.5. The maximum Gasteiger partial charge on any atom is 0.0225 e. The summed E-state index contributed by atoms with van der Waals surface area (Å²) in [7, 11) is 0. The number of hydrogen-bond acceptors (Lipinski definition) is 3. The Morgan fingerprint density at radius 3 is 2.54 bits per heavy atom. The number of thioether (sulfide) groups is 1. The van der Waals surface area contributed by atoms with Gasteiger partial charge in [0.15, 0.2) is 0 Å². The van der Waals surface area contributed by atoms with Crippen molar-refractivity contribution in [1.82, 2.24) is 10.6 Å². The van der Waals surface area contributed by atoms with Crippen molar-refractivity contribution in [2.45, 2.75) is 37.5 Å². The van der Waals surface area contributed by atoms with Crippen molar-refractivity contribution in [2.75, 3.05) is 25.9 Å². The SMILES string of the molecule is CSC(C)(C)CNC1CCNCC1. The minimum absolute atomic E-state index is 0.380. The molecule has 2 nitrogen and oxygen atoms in total. The summed E-state index contributed by atoms with van der Waals surface area (Å²) in [5.74, 6) is 0. The summed E-state index contributed by atoms with van der Waals surface area (Å²) in [6.07, 6.45) is 4.75. The third kappa shape index (κ3) is 4.34. The molecule has 0 aromatic heterocycles. The van der Waals surface area contributed by atoms with E-state index in [1.54, 1.807) is 0 Å². The van der Waals surface area contributed by atoms with Gasteiger partial charge in [0.25, 0.3) is 0 Å². The summed E-state index contributed by atoms with van der Waals surface area (Å²) in [6.45, 7) is 8.07. The molecular formula is C10H22N2S. The molecule has 0 saturated carbocycles. The van der Waals surface area contributed by atoms with Gasteiger partial charge in [0, 0.05) is 17.3 Å². The lowest BCUT2D eigenvalue weighted by atomic mass is 10.1. The summed E-state index contributed by atoms with van der Waals surface area (Å²) in [5, 5.41) is 7.03. The molecule has 0 aromatic carbocycles. The molecule has 0 spiro atoms. The van der Waals surface area contributed by atoms with Crippen LogP contribution >= 0.6 is 11.8 Å². The molecule has 1 aliphatic rings. The Kier molecular flexibility index (Phi) is 4.56. The van der Waals surface area contributed by atoms with E-state index in [-0.39, 0.29) is 0 Å². The predicted octanol–water partition coefficient (Wildman–Crippen LogP) is 1.47. The molecule has 2 N–H and O–H groups in total. The quantitative estimate of drug-likeness (QED) is 0.722. The van der Waals surface area contributed by atoms with Crippen molar-refractivity contribution < 1.29 is 0 Å². The van der Waals surface area contributed by atoms with Gasteiger partial charge < -0.3 is 10.6 Å². The maximum absolute atomic E-state index is 3.65. The highest BCUT2D eigenvalue weighted by molar-refractivity contribution is 7.99. The molecule has 0 amide bonds. The number of hydrogen-bond donors (Lipinski definition) is 2. The Balaban J connectivity index is 2.17. The number of nitrogens with one attached hydrogen (secondary N) is 2. The summed E-state index contributed by atoms with van der Waals surface area (Å²) in [5.41, 5.74) is 0. The van der Waals surface area contributed by atoms with E-state index in [4.69, 9.17) is 0 Å². The highest BCUT2D eigenvalue weighted by atomic mass is 32.2. The molecule has 78 valence electrons. The first-order valence-corrected chi connectivity index (χ1v) is 6.36. The fourth-order valence-corrected chi connectivity index (χ4v) is 1.72. The lowest BCUT2D eigenvalue weighted by Crippen LogP contribution is -2.44. The van der Waals surface area contributed by atoms with E-state index < -0.39 is 0 Å². The van der Waals surface area contributed by atoms with Crippen molar-refractivity contribution in [3.63, 3.8) is 0 Å². The van der Waals surface area contributed by atoms with Crippen LogP contribution in [0.5, 0.6) is 0 Å². The highest BCUT2D eigenvalue weighted by Crippen LogP contribution is 2.20. The van der Waals surface area contributed by atoms with Crippen LogP contribution in [0.2, 0.25) is 0 Å². The first kappa shape index (κ1) is 11.3. The molecule has 0 radical (unpaired) electrons. The molecule has 0 atom stereocenters. The second-order valence-electron chi connectivity index (χ2n) is 4.37. The van der Waals surface area contributed by atoms with E-state index in [1.807, 2.05) is 11.8 Å². The van der Waals surface area contributed by atoms with Gasteiger partial charge in [0.2, 0.25) is 0 Å². The average Bonchev–Trinajstić information content (AvgIpc) is 2.17. The third-order valence-electron chi connectivity index (χ3n) is 2.71. The Labute approximate surface area is 86.2 Å². The zero-order chi connectivity index (χ0) is 9.73. The van der Waals surface area contributed by atoms with Crippen molar-refractivity contribution in [3.8, 4) is 0 Å². The van der Waals surface area contributed by atoms with E-state index in [1.165, 1.54) is 25.9 Å².